The van der Waals surface area contributed by atoms with E-state index in [9.17, 15) is 4.79 Å². The molecule has 0 saturated heterocycles. The van der Waals surface area contributed by atoms with Crippen LogP contribution in [-0.4, -0.2) is 44.3 Å². The Kier molecular flexibility index (Phi) is 7.63. The Labute approximate surface area is 194 Å². The number of carbonyl (C=O) groups is 1. The largest absolute Gasteiger partial charge is 0.465 e. The molecule has 32 heavy (non-hydrogen) atoms. The van der Waals surface area contributed by atoms with E-state index in [-0.39, 0.29) is 5.97 Å². The number of thiocarbonyl (C=S) groups is 1. The number of aryl methyl sites for hydroxylation is 4. The number of aromatic nitrogens is 4. The predicted molar refractivity (Wildman–Crippen MR) is 129 cm³/mol. The van der Waals surface area contributed by atoms with Crippen molar-refractivity contribution >= 4 is 29.0 Å². The van der Waals surface area contributed by atoms with Crippen molar-refractivity contribution < 1.29 is 9.53 Å². The average Bonchev–Trinajstić information content (AvgIpc) is 3.22. The highest BCUT2D eigenvalue weighted by Gasteiger charge is 2.16. The molecule has 8 nitrogen and oxygen atoms in total. The van der Waals surface area contributed by atoms with Crippen molar-refractivity contribution in [2.75, 3.05) is 19.0 Å². The molecule has 2 heterocycles. The number of anilines is 1. The number of nitrogens with zero attached hydrogens (tertiary/aromatic N) is 4. The fourth-order valence-corrected chi connectivity index (χ4v) is 3.85. The first-order valence-electron chi connectivity index (χ1n) is 10.6. The van der Waals surface area contributed by atoms with Crippen LogP contribution in [0.3, 0.4) is 0 Å². The van der Waals surface area contributed by atoms with E-state index in [2.05, 4.69) is 33.8 Å². The van der Waals surface area contributed by atoms with Crippen molar-refractivity contribution in [1.29, 1.82) is 0 Å². The standard InChI is InChI=1S/C23H30N6O2S/c1-15-13-16(2)28(26-15)12-8-11-24-23(32)25-21-17(3)27-29(18(21)4)14-19-9-6-7-10-20(19)22(30)31-5/h6-7,9-10,13H,8,11-12,14H2,1-5H3,(H2,24,25,32). The number of benzene rings is 1. The number of rotatable bonds is 8. The third-order valence-corrected chi connectivity index (χ3v) is 5.54. The van der Waals surface area contributed by atoms with Crippen LogP contribution < -0.4 is 10.6 Å². The molecule has 0 aliphatic heterocycles. The third-order valence-electron chi connectivity index (χ3n) is 5.30. The molecule has 0 amide bonds. The van der Waals surface area contributed by atoms with Crippen LogP contribution in [0.2, 0.25) is 0 Å². The van der Waals surface area contributed by atoms with E-state index < -0.39 is 0 Å². The zero-order chi connectivity index (χ0) is 23.3. The van der Waals surface area contributed by atoms with Gasteiger partial charge in [0, 0.05) is 18.8 Å². The number of ether oxygens (including phenoxy) is 1. The van der Waals surface area contributed by atoms with Gasteiger partial charge in [-0.15, -0.1) is 0 Å². The summed E-state index contributed by atoms with van der Waals surface area (Å²) in [5, 5.41) is 16.2. The average molecular weight is 455 g/mol. The van der Waals surface area contributed by atoms with E-state index in [4.69, 9.17) is 17.0 Å². The smallest absolute Gasteiger partial charge is 0.338 e. The molecule has 0 fully saturated rings. The SMILES string of the molecule is COC(=O)c1ccccc1Cn1nc(C)c(NC(=S)NCCCn2nc(C)cc2C)c1C. The Morgan fingerprint density at radius 2 is 1.88 bits per heavy atom. The lowest BCUT2D eigenvalue weighted by atomic mass is 10.1. The number of nitrogens with one attached hydrogen (secondary N) is 2. The highest BCUT2D eigenvalue weighted by atomic mass is 32.1. The van der Waals surface area contributed by atoms with Gasteiger partial charge in [0.15, 0.2) is 5.11 Å². The molecule has 0 atom stereocenters. The molecule has 1 aromatic carbocycles. The van der Waals surface area contributed by atoms with Crippen molar-refractivity contribution in [1.82, 2.24) is 24.9 Å². The molecular formula is C23H30N6O2S. The van der Waals surface area contributed by atoms with E-state index >= 15 is 0 Å². The summed E-state index contributed by atoms with van der Waals surface area (Å²) in [7, 11) is 1.38. The lowest BCUT2D eigenvalue weighted by molar-refractivity contribution is 0.0599. The van der Waals surface area contributed by atoms with E-state index in [1.165, 1.54) is 7.11 Å². The highest BCUT2D eigenvalue weighted by Crippen LogP contribution is 2.21. The number of methoxy groups -OCH3 is 1. The van der Waals surface area contributed by atoms with Crippen LogP contribution in [0.4, 0.5) is 5.69 Å². The van der Waals surface area contributed by atoms with E-state index in [1.54, 1.807) is 6.07 Å². The van der Waals surface area contributed by atoms with Crippen molar-refractivity contribution in [2.24, 2.45) is 0 Å². The summed E-state index contributed by atoms with van der Waals surface area (Å²) in [5.74, 6) is -0.355. The molecular weight excluding hydrogens is 424 g/mol. The number of esters is 1. The third kappa shape index (κ3) is 5.53. The molecule has 0 aliphatic carbocycles. The molecule has 3 rings (SSSR count). The Morgan fingerprint density at radius 3 is 2.56 bits per heavy atom. The van der Waals surface area contributed by atoms with E-state index in [1.807, 2.05) is 48.3 Å². The van der Waals surface area contributed by atoms with Gasteiger partial charge in [-0.05, 0) is 64.0 Å². The summed E-state index contributed by atoms with van der Waals surface area (Å²) in [6.45, 7) is 10.0. The molecule has 0 radical (unpaired) electrons. The molecule has 3 aromatic rings. The highest BCUT2D eigenvalue weighted by molar-refractivity contribution is 7.80. The summed E-state index contributed by atoms with van der Waals surface area (Å²) >= 11 is 5.48. The lowest BCUT2D eigenvalue weighted by Crippen LogP contribution is -2.30. The van der Waals surface area contributed by atoms with Crippen molar-refractivity contribution in [3.8, 4) is 0 Å². The Balaban J connectivity index is 1.59. The quantitative estimate of drug-likeness (QED) is 0.306. The molecule has 0 saturated carbocycles. The zero-order valence-corrected chi connectivity index (χ0v) is 20.0. The maximum atomic E-state index is 12.1. The van der Waals surface area contributed by atoms with Gasteiger partial charge in [-0.1, -0.05) is 18.2 Å². The number of hydrogen-bond acceptors (Lipinski definition) is 5. The first-order valence-corrected chi connectivity index (χ1v) is 11.0. The van der Waals surface area contributed by atoms with Crippen LogP contribution in [0.1, 0.15) is 45.1 Å². The zero-order valence-electron chi connectivity index (χ0n) is 19.2. The minimum atomic E-state index is -0.355. The van der Waals surface area contributed by atoms with Gasteiger partial charge in [0.1, 0.15) is 0 Å². The van der Waals surface area contributed by atoms with Gasteiger partial charge in [0.25, 0.3) is 0 Å². The maximum Gasteiger partial charge on any atom is 0.338 e. The Bertz CT molecular complexity index is 1120. The normalized spacial score (nSPS) is 10.8. The summed E-state index contributed by atoms with van der Waals surface area (Å²) in [6.07, 6.45) is 0.908. The summed E-state index contributed by atoms with van der Waals surface area (Å²) < 4.78 is 8.78. The van der Waals surface area contributed by atoms with Crippen molar-refractivity contribution in [2.45, 2.75) is 47.2 Å². The first kappa shape index (κ1) is 23.5. The fraction of sp³-hybridized carbons (Fsp3) is 0.391. The number of carbonyl (C=O) groups excluding carboxylic acids is 1. The molecule has 0 bridgehead atoms. The van der Waals surface area contributed by atoms with Gasteiger partial charge in [-0.25, -0.2) is 4.79 Å². The number of hydrogen-bond donors (Lipinski definition) is 2. The molecule has 0 spiro atoms. The van der Waals surface area contributed by atoms with Gasteiger partial charge in [0.2, 0.25) is 0 Å². The van der Waals surface area contributed by atoms with Crippen LogP contribution in [-0.2, 0) is 17.8 Å². The first-order chi connectivity index (χ1) is 15.3. The van der Waals surface area contributed by atoms with E-state index in [0.717, 1.165) is 53.5 Å². The molecule has 0 aliphatic rings. The van der Waals surface area contributed by atoms with Gasteiger partial charge in [-0.3, -0.25) is 9.36 Å². The van der Waals surface area contributed by atoms with Crippen LogP contribution >= 0.6 is 12.2 Å². The van der Waals surface area contributed by atoms with Crippen LogP contribution in [0, 0.1) is 27.7 Å². The van der Waals surface area contributed by atoms with Gasteiger partial charge >= 0.3 is 5.97 Å². The Morgan fingerprint density at radius 1 is 1.12 bits per heavy atom. The lowest BCUT2D eigenvalue weighted by Gasteiger charge is -2.12. The molecule has 9 heteroatoms. The topological polar surface area (TPSA) is 86.0 Å². The summed E-state index contributed by atoms with van der Waals surface area (Å²) in [6, 6.07) is 9.47. The maximum absolute atomic E-state index is 12.1. The molecule has 2 N–H and O–H groups in total. The fourth-order valence-electron chi connectivity index (χ4n) is 3.65. The predicted octanol–water partition coefficient (Wildman–Crippen LogP) is 3.52. The van der Waals surface area contributed by atoms with Crippen LogP contribution in [0.15, 0.2) is 30.3 Å². The van der Waals surface area contributed by atoms with Gasteiger partial charge in [-0.2, -0.15) is 10.2 Å². The van der Waals surface area contributed by atoms with Crippen LogP contribution in [0.5, 0.6) is 0 Å². The molecule has 170 valence electrons. The molecule has 0 unspecified atom stereocenters. The van der Waals surface area contributed by atoms with Crippen molar-refractivity contribution in [3.05, 3.63) is 64.2 Å². The van der Waals surface area contributed by atoms with Crippen LogP contribution in [0.25, 0.3) is 0 Å². The second-order valence-corrected chi connectivity index (χ2v) is 8.15. The minimum Gasteiger partial charge on any atom is -0.465 e. The second kappa shape index (κ2) is 10.4. The van der Waals surface area contributed by atoms with E-state index in [0.29, 0.717) is 17.2 Å². The minimum absolute atomic E-state index is 0.355. The summed E-state index contributed by atoms with van der Waals surface area (Å²) in [4.78, 5) is 12.1. The van der Waals surface area contributed by atoms with Gasteiger partial charge in [0.05, 0.1) is 42.0 Å². The second-order valence-electron chi connectivity index (χ2n) is 7.74. The Hall–Kier alpha value is -3.20. The van der Waals surface area contributed by atoms with Crippen molar-refractivity contribution in [3.63, 3.8) is 0 Å². The molecule has 2 aromatic heterocycles. The van der Waals surface area contributed by atoms with Gasteiger partial charge < -0.3 is 15.4 Å². The summed E-state index contributed by atoms with van der Waals surface area (Å²) in [5.41, 5.74) is 6.23. The monoisotopic (exact) mass is 454 g/mol.